The molecule has 0 aliphatic carbocycles. The van der Waals surface area contributed by atoms with Crippen molar-refractivity contribution in [2.45, 2.75) is 4.90 Å². The van der Waals surface area contributed by atoms with E-state index in [4.69, 9.17) is 15.4 Å². The Morgan fingerprint density at radius 3 is 2.67 bits per heavy atom. The molecule has 0 aliphatic heterocycles. The molecule has 0 aromatic heterocycles. The number of amides is 1. The van der Waals surface area contributed by atoms with Crippen molar-refractivity contribution in [3.8, 4) is 5.75 Å². The van der Waals surface area contributed by atoms with Gasteiger partial charge in [-0.1, -0.05) is 0 Å². The topological polar surface area (TPSA) is 72.5 Å². The molecule has 1 aromatic carbocycles. The van der Waals surface area contributed by atoms with E-state index >= 15 is 0 Å². The zero-order valence-corrected chi connectivity index (χ0v) is 12.2. The van der Waals surface area contributed by atoms with Crippen molar-refractivity contribution in [1.29, 1.82) is 0 Å². The van der Waals surface area contributed by atoms with Crippen LogP contribution < -0.4 is 10.1 Å². The first-order chi connectivity index (χ1) is 8.25. The number of halogens is 3. The van der Waals surface area contributed by atoms with Gasteiger partial charge in [0, 0.05) is 23.8 Å². The summed E-state index contributed by atoms with van der Waals surface area (Å²) < 4.78 is 40.7. The highest BCUT2D eigenvalue weighted by Crippen LogP contribution is 2.31. The molecule has 0 atom stereocenters. The molecule has 9 heteroatoms. The third-order valence-corrected chi connectivity index (χ3v) is 3.84. The molecule has 1 aromatic rings. The fourth-order valence-corrected chi connectivity index (χ4v) is 2.54. The molecule has 0 aliphatic rings. The highest BCUT2D eigenvalue weighted by atomic mass is 79.9. The standard InChI is InChI=1S/C9H8BrClFNO4S/c1-13-9(14)4-17-7-3-6(12)8(2-5(7)10)18(11,15)16/h2-3H,4H2,1H3,(H,13,14). The van der Waals surface area contributed by atoms with Gasteiger partial charge in [0.15, 0.2) is 6.61 Å². The van der Waals surface area contributed by atoms with E-state index in [1.807, 2.05) is 0 Å². The molecule has 100 valence electrons. The second-order valence-electron chi connectivity index (χ2n) is 3.11. The van der Waals surface area contributed by atoms with Crippen LogP contribution in [0.4, 0.5) is 4.39 Å². The number of nitrogens with one attached hydrogen (secondary N) is 1. The van der Waals surface area contributed by atoms with Gasteiger partial charge in [-0.05, 0) is 22.0 Å². The van der Waals surface area contributed by atoms with Gasteiger partial charge in [0.2, 0.25) is 0 Å². The Morgan fingerprint density at radius 2 is 2.17 bits per heavy atom. The summed E-state index contributed by atoms with van der Waals surface area (Å²) in [5.74, 6) is -1.46. The van der Waals surface area contributed by atoms with Crippen molar-refractivity contribution in [3.05, 3.63) is 22.4 Å². The number of hydrogen-bond donors (Lipinski definition) is 1. The number of ether oxygens (including phenoxy) is 1. The predicted molar refractivity (Wildman–Crippen MR) is 66.7 cm³/mol. The second kappa shape index (κ2) is 5.85. The van der Waals surface area contributed by atoms with E-state index < -0.39 is 25.7 Å². The van der Waals surface area contributed by atoms with Gasteiger partial charge in [0.1, 0.15) is 16.5 Å². The average molecular weight is 361 g/mol. The Hall–Kier alpha value is -0.860. The van der Waals surface area contributed by atoms with Gasteiger partial charge in [-0.3, -0.25) is 4.79 Å². The van der Waals surface area contributed by atoms with E-state index in [1.54, 1.807) is 0 Å². The number of rotatable bonds is 4. The van der Waals surface area contributed by atoms with Crippen LogP contribution in [0.3, 0.4) is 0 Å². The van der Waals surface area contributed by atoms with Gasteiger partial charge in [0.25, 0.3) is 15.0 Å². The Morgan fingerprint density at radius 1 is 1.56 bits per heavy atom. The van der Waals surface area contributed by atoms with Crippen molar-refractivity contribution >= 4 is 41.6 Å². The monoisotopic (exact) mass is 359 g/mol. The molecule has 5 nitrogen and oxygen atoms in total. The number of carbonyl (C=O) groups excluding carboxylic acids is 1. The van der Waals surface area contributed by atoms with Crippen LogP contribution in [0.25, 0.3) is 0 Å². The summed E-state index contributed by atoms with van der Waals surface area (Å²) in [5, 5.41) is 2.31. The van der Waals surface area contributed by atoms with Gasteiger partial charge >= 0.3 is 0 Å². The highest BCUT2D eigenvalue weighted by Gasteiger charge is 2.19. The SMILES string of the molecule is CNC(=O)COc1cc(F)c(S(=O)(=O)Cl)cc1Br. The Labute approximate surface area is 116 Å². The number of hydrogen-bond acceptors (Lipinski definition) is 4. The normalized spacial score (nSPS) is 11.1. The number of carbonyl (C=O) groups is 1. The molecule has 0 radical (unpaired) electrons. The maximum Gasteiger partial charge on any atom is 0.264 e. The summed E-state index contributed by atoms with van der Waals surface area (Å²) in [6.45, 7) is -0.318. The molecule has 0 spiro atoms. The molecule has 0 fully saturated rings. The van der Waals surface area contributed by atoms with E-state index in [2.05, 4.69) is 21.2 Å². The smallest absolute Gasteiger partial charge is 0.264 e. The van der Waals surface area contributed by atoms with E-state index in [1.165, 1.54) is 7.05 Å². The lowest BCUT2D eigenvalue weighted by atomic mass is 10.3. The fraction of sp³-hybridized carbons (Fsp3) is 0.222. The zero-order valence-electron chi connectivity index (χ0n) is 9.04. The van der Waals surface area contributed by atoms with Crippen LogP contribution in [-0.2, 0) is 13.8 Å². The van der Waals surface area contributed by atoms with Crippen LogP contribution >= 0.6 is 26.6 Å². The maximum absolute atomic E-state index is 13.5. The average Bonchev–Trinajstić information content (AvgIpc) is 2.27. The molecule has 0 unspecified atom stereocenters. The molecule has 1 rings (SSSR count). The van der Waals surface area contributed by atoms with Gasteiger partial charge in [-0.25, -0.2) is 12.8 Å². The van der Waals surface area contributed by atoms with E-state index in [-0.39, 0.29) is 16.8 Å². The fourth-order valence-electron chi connectivity index (χ4n) is 1.02. The molecule has 0 heterocycles. The molecule has 18 heavy (non-hydrogen) atoms. The van der Waals surface area contributed by atoms with Crippen molar-refractivity contribution in [1.82, 2.24) is 5.32 Å². The minimum absolute atomic E-state index is 0.000154. The summed E-state index contributed by atoms with van der Waals surface area (Å²) in [4.78, 5) is 10.3. The lowest BCUT2D eigenvalue weighted by molar-refractivity contribution is -0.122. The van der Waals surface area contributed by atoms with Crippen LogP contribution in [0.5, 0.6) is 5.75 Å². The largest absolute Gasteiger partial charge is 0.482 e. The summed E-state index contributed by atoms with van der Waals surface area (Å²) >= 11 is 3.00. The lowest BCUT2D eigenvalue weighted by Crippen LogP contribution is -2.25. The van der Waals surface area contributed by atoms with Crippen molar-refractivity contribution in [2.24, 2.45) is 0 Å². The van der Waals surface area contributed by atoms with Gasteiger partial charge in [-0.2, -0.15) is 0 Å². The van der Waals surface area contributed by atoms with Crippen LogP contribution in [0.2, 0.25) is 0 Å². The predicted octanol–water partition coefficient (Wildman–Crippen LogP) is 1.64. The Bertz CT molecular complexity index is 578. The van der Waals surface area contributed by atoms with Gasteiger partial charge in [0.05, 0.1) is 4.47 Å². The quantitative estimate of drug-likeness (QED) is 0.829. The maximum atomic E-state index is 13.5. The Balaban J connectivity index is 3.05. The summed E-state index contributed by atoms with van der Waals surface area (Å²) in [6.07, 6.45) is 0. The minimum Gasteiger partial charge on any atom is -0.482 e. The van der Waals surface area contributed by atoms with Crippen molar-refractivity contribution < 1.29 is 22.3 Å². The Kier molecular flexibility index (Phi) is 4.94. The number of likely N-dealkylation sites (N-methyl/N-ethyl adjacent to an activating group) is 1. The first kappa shape index (κ1) is 15.2. The third-order valence-electron chi connectivity index (χ3n) is 1.89. The van der Waals surface area contributed by atoms with Crippen LogP contribution in [0.1, 0.15) is 0 Å². The lowest BCUT2D eigenvalue weighted by Gasteiger charge is -2.09. The van der Waals surface area contributed by atoms with Crippen LogP contribution in [0, 0.1) is 5.82 Å². The molecular formula is C9H8BrClFNO4S. The summed E-state index contributed by atoms with van der Waals surface area (Å²) in [5.41, 5.74) is 0. The van der Waals surface area contributed by atoms with E-state index in [0.717, 1.165) is 12.1 Å². The molecule has 0 saturated carbocycles. The number of benzene rings is 1. The van der Waals surface area contributed by atoms with Crippen LogP contribution in [0.15, 0.2) is 21.5 Å². The molecular weight excluding hydrogens is 353 g/mol. The van der Waals surface area contributed by atoms with E-state index in [0.29, 0.717) is 0 Å². The summed E-state index contributed by atoms with van der Waals surface area (Å²) in [6, 6.07) is 1.80. The summed E-state index contributed by atoms with van der Waals surface area (Å²) in [7, 11) is 2.29. The zero-order chi connectivity index (χ0) is 13.9. The molecule has 0 saturated heterocycles. The van der Waals surface area contributed by atoms with Crippen molar-refractivity contribution in [2.75, 3.05) is 13.7 Å². The van der Waals surface area contributed by atoms with Gasteiger partial charge < -0.3 is 10.1 Å². The van der Waals surface area contributed by atoms with Crippen molar-refractivity contribution in [3.63, 3.8) is 0 Å². The second-order valence-corrected chi connectivity index (χ2v) is 6.50. The molecule has 1 N–H and O–H groups in total. The third kappa shape index (κ3) is 3.82. The van der Waals surface area contributed by atoms with E-state index in [9.17, 15) is 17.6 Å². The minimum atomic E-state index is -4.18. The highest BCUT2D eigenvalue weighted by molar-refractivity contribution is 9.10. The first-order valence-electron chi connectivity index (χ1n) is 4.52. The molecule has 0 bridgehead atoms. The van der Waals surface area contributed by atoms with Crippen LogP contribution in [-0.4, -0.2) is 28.0 Å². The van der Waals surface area contributed by atoms with Gasteiger partial charge in [-0.15, -0.1) is 0 Å². The first-order valence-corrected chi connectivity index (χ1v) is 7.63. The molecule has 1 amide bonds.